The standard InChI is InChI=1S/C21H32O/c1-14(22)17-9-10-18-16-8-7-15-6-4-5-12-20(15,2)19(16)11-13-21(17,18)3/h7,16-19H,4-6,8-13H2,1-3H3/t16-,17+,18-,19-,20-,21+/m0/s1. The number of rotatable bonds is 1. The minimum Gasteiger partial charge on any atom is -0.300 e. The predicted molar refractivity (Wildman–Crippen MR) is 90.5 cm³/mol. The molecule has 22 heavy (non-hydrogen) atoms. The SMILES string of the molecule is CC(=O)[C@H]1CC[C@H]2[C@@H]3CC=C4CCCC[C@]4(C)[C@H]3CC[C@]12C. The first-order valence-corrected chi connectivity index (χ1v) is 9.67. The Balaban J connectivity index is 1.68. The third-order valence-electron chi connectivity index (χ3n) is 8.51. The van der Waals surface area contributed by atoms with Crippen molar-refractivity contribution < 1.29 is 4.79 Å². The van der Waals surface area contributed by atoms with E-state index in [1.165, 1.54) is 51.4 Å². The van der Waals surface area contributed by atoms with Gasteiger partial charge in [-0.15, -0.1) is 0 Å². The van der Waals surface area contributed by atoms with E-state index in [9.17, 15) is 4.79 Å². The summed E-state index contributed by atoms with van der Waals surface area (Å²) in [6.07, 6.45) is 14.7. The number of fused-ring (bicyclic) bond motifs is 5. The highest BCUT2D eigenvalue weighted by molar-refractivity contribution is 5.79. The topological polar surface area (TPSA) is 17.1 Å². The Hall–Kier alpha value is -0.590. The number of hydrogen-bond donors (Lipinski definition) is 0. The fraction of sp³-hybridized carbons (Fsp3) is 0.857. The summed E-state index contributed by atoms with van der Waals surface area (Å²) in [6.45, 7) is 6.87. The molecule has 122 valence electrons. The number of ketones is 1. The molecule has 1 heteroatoms. The van der Waals surface area contributed by atoms with E-state index in [0.717, 1.165) is 24.2 Å². The number of hydrogen-bond acceptors (Lipinski definition) is 1. The van der Waals surface area contributed by atoms with Crippen molar-refractivity contribution in [2.45, 2.75) is 78.6 Å². The molecule has 0 radical (unpaired) electrons. The molecule has 0 aromatic carbocycles. The largest absolute Gasteiger partial charge is 0.300 e. The van der Waals surface area contributed by atoms with E-state index in [1.807, 2.05) is 6.92 Å². The monoisotopic (exact) mass is 300 g/mol. The van der Waals surface area contributed by atoms with Crippen LogP contribution in [0.5, 0.6) is 0 Å². The van der Waals surface area contributed by atoms with Gasteiger partial charge in [0.1, 0.15) is 5.78 Å². The van der Waals surface area contributed by atoms with Crippen LogP contribution in [-0.2, 0) is 4.79 Å². The summed E-state index contributed by atoms with van der Waals surface area (Å²) in [5.41, 5.74) is 2.60. The molecule has 0 spiro atoms. The Kier molecular flexibility index (Phi) is 3.37. The van der Waals surface area contributed by atoms with Crippen molar-refractivity contribution in [3.8, 4) is 0 Å². The van der Waals surface area contributed by atoms with Gasteiger partial charge >= 0.3 is 0 Å². The van der Waals surface area contributed by atoms with E-state index in [1.54, 1.807) is 5.57 Å². The predicted octanol–water partition coefficient (Wildman–Crippen LogP) is 5.54. The van der Waals surface area contributed by atoms with Gasteiger partial charge in [0.05, 0.1) is 0 Å². The van der Waals surface area contributed by atoms with Crippen LogP contribution in [0, 0.1) is 34.5 Å². The summed E-state index contributed by atoms with van der Waals surface area (Å²) < 4.78 is 0. The molecule has 4 aliphatic carbocycles. The van der Waals surface area contributed by atoms with E-state index < -0.39 is 0 Å². The second kappa shape index (κ2) is 4.95. The first kappa shape index (κ1) is 15.0. The Morgan fingerprint density at radius 3 is 2.68 bits per heavy atom. The number of Topliss-reactive ketones (excluding diaryl/α,β-unsaturated/α-hetero) is 1. The van der Waals surface area contributed by atoms with Crippen LogP contribution in [0.1, 0.15) is 78.6 Å². The fourth-order valence-corrected chi connectivity index (χ4v) is 7.37. The molecular weight excluding hydrogens is 268 g/mol. The summed E-state index contributed by atoms with van der Waals surface area (Å²) >= 11 is 0. The number of carbonyl (C=O) groups is 1. The highest BCUT2D eigenvalue weighted by Crippen LogP contribution is 2.66. The lowest BCUT2D eigenvalue weighted by molar-refractivity contribution is -0.127. The number of allylic oxidation sites excluding steroid dienone is 2. The molecule has 0 aliphatic heterocycles. The van der Waals surface area contributed by atoms with Gasteiger partial charge in [-0.2, -0.15) is 0 Å². The van der Waals surface area contributed by atoms with Crippen molar-refractivity contribution in [1.82, 2.24) is 0 Å². The molecule has 0 unspecified atom stereocenters. The van der Waals surface area contributed by atoms with Gasteiger partial charge in [-0.1, -0.05) is 31.9 Å². The third-order valence-corrected chi connectivity index (χ3v) is 8.51. The van der Waals surface area contributed by atoms with Crippen molar-refractivity contribution >= 4 is 5.78 Å². The highest BCUT2D eigenvalue weighted by atomic mass is 16.1. The molecule has 0 aromatic rings. The normalized spacial score (nSPS) is 50.6. The molecule has 6 atom stereocenters. The zero-order valence-corrected chi connectivity index (χ0v) is 14.7. The van der Waals surface area contributed by atoms with Crippen molar-refractivity contribution in [2.24, 2.45) is 34.5 Å². The maximum atomic E-state index is 12.1. The van der Waals surface area contributed by atoms with Gasteiger partial charge in [0.15, 0.2) is 0 Å². The average molecular weight is 300 g/mol. The van der Waals surface area contributed by atoms with Crippen LogP contribution in [0.4, 0.5) is 0 Å². The Morgan fingerprint density at radius 2 is 1.91 bits per heavy atom. The maximum absolute atomic E-state index is 12.1. The molecule has 0 saturated heterocycles. The zero-order chi connectivity index (χ0) is 15.5. The Morgan fingerprint density at radius 1 is 1.09 bits per heavy atom. The molecule has 3 saturated carbocycles. The van der Waals surface area contributed by atoms with Crippen LogP contribution in [0.25, 0.3) is 0 Å². The van der Waals surface area contributed by atoms with Crippen molar-refractivity contribution in [1.29, 1.82) is 0 Å². The molecule has 0 heterocycles. The second-order valence-corrected chi connectivity index (χ2v) is 9.25. The third kappa shape index (κ3) is 1.86. The van der Waals surface area contributed by atoms with Gasteiger partial charge in [-0.05, 0) is 86.9 Å². The molecular formula is C21H32O. The van der Waals surface area contributed by atoms with Crippen LogP contribution in [0.3, 0.4) is 0 Å². The fourth-order valence-electron chi connectivity index (χ4n) is 7.37. The van der Waals surface area contributed by atoms with Crippen LogP contribution >= 0.6 is 0 Å². The van der Waals surface area contributed by atoms with Crippen LogP contribution in [-0.4, -0.2) is 5.78 Å². The average Bonchev–Trinajstić information content (AvgIpc) is 2.84. The van der Waals surface area contributed by atoms with Crippen molar-refractivity contribution in [3.63, 3.8) is 0 Å². The van der Waals surface area contributed by atoms with Crippen LogP contribution in [0.15, 0.2) is 11.6 Å². The van der Waals surface area contributed by atoms with Gasteiger partial charge in [-0.25, -0.2) is 0 Å². The summed E-state index contributed by atoms with van der Waals surface area (Å²) in [5.74, 6) is 3.37. The molecule has 1 nitrogen and oxygen atoms in total. The molecule has 4 rings (SSSR count). The van der Waals surface area contributed by atoms with Gasteiger partial charge < -0.3 is 0 Å². The Labute approximate surface area is 135 Å². The lowest BCUT2D eigenvalue weighted by Crippen LogP contribution is -2.50. The summed E-state index contributed by atoms with van der Waals surface area (Å²) in [5, 5.41) is 0. The van der Waals surface area contributed by atoms with E-state index in [4.69, 9.17) is 0 Å². The minimum atomic E-state index is 0.309. The van der Waals surface area contributed by atoms with E-state index >= 15 is 0 Å². The molecule has 3 fully saturated rings. The van der Waals surface area contributed by atoms with E-state index in [0.29, 0.717) is 22.5 Å². The summed E-state index contributed by atoms with van der Waals surface area (Å²) in [6, 6.07) is 0. The Bertz CT molecular complexity index is 518. The molecule has 0 N–H and O–H groups in total. The van der Waals surface area contributed by atoms with Gasteiger partial charge in [0.2, 0.25) is 0 Å². The number of carbonyl (C=O) groups excluding carboxylic acids is 1. The van der Waals surface area contributed by atoms with Crippen LogP contribution in [0.2, 0.25) is 0 Å². The second-order valence-electron chi connectivity index (χ2n) is 9.25. The summed E-state index contributed by atoms with van der Waals surface area (Å²) in [4.78, 5) is 12.1. The molecule has 0 amide bonds. The molecule has 0 bridgehead atoms. The summed E-state index contributed by atoms with van der Waals surface area (Å²) in [7, 11) is 0. The van der Waals surface area contributed by atoms with Crippen molar-refractivity contribution in [3.05, 3.63) is 11.6 Å². The smallest absolute Gasteiger partial charge is 0.133 e. The first-order valence-electron chi connectivity index (χ1n) is 9.67. The zero-order valence-electron chi connectivity index (χ0n) is 14.7. The van der Waals surface area contributed by atoms with Gasteiger partial charge in [-0.3, -0.25) is 4.79 Å². The van der Waals surface area contributed by atoms with Gasteiger partial charge in [0, 0.05) is 5.92 Å². The quantitative estimate of drug-likeness (QED) is 0.581. The molecule has 4 aliphatic rings. The van der Waals surface area contributed by atoms with Crippen LogP contribution < -0.4 is 0 Å². The van der Waals surface area contributed by atoms with Gasteiger partial charge in [0.25, 0.3) is 0 Å². The maximum Gasteiger partial charge on any atom is 0.133 e. The minimum absolute atomic E-state index is 0.309. The van der Waals surface area contributed by atoms with E-state index in [2.05, 4.69) is 19.9 Å². The first-order chi connectivity index (χ1) is 10.5. The lowest BCUT2D eigenvalue weighted by Gasteiger charge is -2.57. The van der Waals surface area contributed by atoms with Crippen molar-refractivity contribution in [2.75, 3.05) is 0 Å². The lowest BCUT2D eigenvalue weighted by atomic mass is 9.47. The molecule has 0 aromatic heterocycles. The highest BCUT2D eigenvalue weighted by Gasteiger charge is 2.58. The van der Waals surface area contributed by atoms with E-state index in [-0.39, 0.29) is 0 Å².